The van der Waals surface area contributed by atoms with Crippen LogP contribution in [0, 0.1) is 0 Å². The maximum Gasteiger partial charge on any atom is 0.244 e. The molecule has 4 nitrogen and oxygen atoms in total. The minimum absolute atomic E-state index is 0.128. The highest BCUT2D eigenvalue weighted by Crippen LogP contribution is 2.17. The molecule has 20 heavy (non-hydrogen) atoms. The van der Waals surface area contributed by atoms with Crippen LogP contribution >= 0.6 is 0 Å². The summed E-state index contributed by atoms with van der Waals surface area (Å²) in [5.41, 5.74) is 6.01. The van der Waals surface area contributed by atoms with E-state index >= 15 is 0 Å². The Balaban J connectivity index is 2.50. The summed E-state index contributed by atoms with van der Waals surface area (Å²) >= 11 is 0. The van der Waals surface area contributed by atoms with Gasteiger partial charge in [-0.25, -0.2) is 0 Å². The average molecular weight is 277 g/mol. The molecule has 112 valence electrons. The molecule has 4 heteroatoms. The minimum atomic E-state index is -0.983. The van der Waals surface area contributed by atoms with Gasteiger partial charge in [-0.3, -0.25) is 4.79 Å². The first-order valence-corrected chi connectivity index (χ1v) is 7.37. The second kappa shape index (κ2) is 8.02. The largest absolute Gasteiger partial charge is 0.353 e. The number of hydrogen-bond donors (Lipinski definition) is 2. The molecule has 1 aromatic carbocycles. The zero-order valence-corrected chi connectivity index (χ0v) is 12.9. The molecule has 0 radical (unpaired) electrons. The van der Waals surface area contributed by atoms with Gasteiger partial charge in [0.15, 0.2) is 0 Å². The molecule has 0 spiro atoms. The molecule has 0 aliphatic heterocycles. The van der Waals surface area contributed by atoms with Crippen molar-refractivity contribution in [2.24, 2.45) is 5.73 Å². The number of nitrogens with zero attached hydrogens (tertiary/aromatic N) is 1. The molecular weight excluding hydrogens is 250 g/mol. The Morgan fingerprint density at radius 2 is 1.90 bits per heavy atom. The predicted octanol–water partition coefficient (Wildman–Crippen LogP) is 1.71. The number of rotatable bonds is 8. The molecule has 0 aliphatic rings. The third-order valence-corrected chi connectivity index (χ3v) is 3.55. The van der Waals surface area contributed by atoms with E-state index < -0.39 is 5.54 Å². The summed E-state index contributed by atoms with van der Waals surface area (Å²) in [7, 11) is 0. The monoisotopic (exact) mass is 277 g/mol. The van der Waals surface area contributed by atoms with Crippen molar-refractivity contribution in [2.75, 3.05) is 26.2 Å². The topological polar surface area (TPSA) is 58.4 Å². The van der Waals surface area contributed by atoms with Crippen LogP contribution in [0.15, 0.2) is 30.3 Å². The van der Waals surface area contributed by atoms with Gasteiger partial charge >= 0.3 is 0 Å². The molecule has 1 rings (SSSR count). The molecular formula is C16H27N3O. The molecule has 1 atom stereocenters. The van der Waals surface area contributed by atoms with Crippen molar-refractivity contribution in [3.63, 3.8) is 0 Å². The normalized spacial score (nSPS) is 14.1. The van der Waals surface area contributed by atoms with Crippen LogP contribution in [-0.2, 0) is 10.3 Å². The first-order valence-electron chi connectivity index (χ1n) is 7.37. The van der Waals surface area contributed by atoms with E-state index in [2.05, 4.69) is 24.1 Å². The highest BCUT2D eigenvalue weighted by atomic mass is 16.2. The van der Waals surface area contributed by atoms with Crippen molar-refractivity contribution < 1.29 is 4.79 Å². The van der Waals surface area contributed by atoms with Crippen LogP contribution in [0.5, 0.6) is 0 Å². The average Bonchev–Trinajstić information content (AvgIpc) is 2.47. The van der Waals surface area contributed by atoms with Crippen LogP contribution in [0.2, 0.25) is 0 Å². The lowest BCUT2D eigenvalue weighted by molar-refractivity contribution is -0.126. The number of likely N-dealkylation sites (N-methyl/N-ethyl adjacent to an activating group) is 1. The Labute approximate surface area is 122 Å². The van der Waals surface area contributed by atoms with Crippen LogP contribution < -0.4 is 11.1 Å². The fraction of sp³-hybridized carbons (Fsp3) is 0.562. The molecule has 1 aromatic rings. The van der Waals surface area contributed by atoms with Crippen LogP contribution in [-0.4, -0.2) is 37.0 Å². The molecule has 1 unspecified atom stereocenters. The smallest absolute Gasteiger partial charge is 0.244 e. The van der Waals surface area contributed by atoms with Gasteiger partial charge in [0.25, 0.3) is 0 Å². The maximum atomic E-state index is 12.2. The van der Waals surface area contributed by atoms with E-state index in [4.69, 9.17) is 5.73 Å². The van der Waals surface area contributed by atoms with E-state index in [-0.39, 0.29) is 5.91 Å². The standard InChI is InChI=1S/C16H27N3O/c1-4-12-19(5-2)13-11-18-15(20)16(3,17)14-9-7-6-8-10-14/h6-10H,4-5,11-13,17H2,1-3H3,(H,18,20). The fourth-order valence-corrected chi connectivity index (χ4v) is 2.17. The van der Waals surface area contributed by atoms with E-state index in [1.165, 1.54) is 0 Å². The lowest BCUT2D eigenvalue weighted by Gasteiger charge is -2.25. The van der Waals surface area contributed by atoms with Gasteiger partial charge in [-0.15, -0.1) is 0 Å². The highest BCUT2D eigenvalue weighted by Gasteiger charge is 2.29. The number of carbonyl (C=O) groups is 1. The van der Waals surface area contributed by atoms with Crippen molar-refractivity contribution in [3.05, 3.63) is 35.9 Å². The molecule has 0 saturated carbocycles. The number of benzene rings is 1. The zero-order chi connectivity index (χ0) is 15.0. The Hall–Kier alpha value is -1.39. The van der Waals surface area contributed by atoms with Gasteiger partial charge in [-0.05, 0) is 32.0 Å². The van der Waals surface area contributed by atoms with E-state index in [0.29, 0.717) is 6.54 Å². The van der Waals surface area contributed by atoms with Crippen molar-refractivity contribution in [2.45, 2.75) is 32.7 Å². The van der Waals surface area contributed by atoms with Crippen molar-refractivity contribution in [1.82, 2.24) is 10.2 Å². The van der Waals surface area contributed by atoms with Gasteiger partial charge in [0.2, 0.25) is 5.91 Å². The number of amides is 1. The van der Waals surface area contributed by atoms with Gasteiger partial charge in [-0.1, -0.05) is 44.2 Å². The summed E-state index contributed by atoms with van der Waals surface area (Å²) in [6.07, 6.45) is 1.13. The number of carbonyl (C=O) groups excluding carboxylic acids is 1. The summed E-state index contributed by atoms with van der Waals surface area (Å²) in [5.74, 6) is -0.128. The maximum absolute atomic E-state index is 12.2. The minimum Gasteiger partial charge on any atom is -0.353 e. The van der Waals surface area contributed by atoms with Gasteiger partial charge in [0, 0.05) is 13.1 Å². The molecule has 1 amide bonds. The van der Waals surface area contributed by atoms with Crippen molar-refractivity contribution in [1.29, 1.82) is 0 Å². The molecule has 0 aliphatic carbocycles. The van der Waals surface area contributed by atoms with Gasteiger partial charge in [0.1, 0.15) is 5.54 Å². The second-order valence-electron chi connectivity index (χ2n) is 5.26. The summed E-state index contributed by atoms with van der Waals surface area (Å²) in [5, 5.41) is 2.94. The Morgan fingerprint density at radius 1 is 1.25 bits per heavy atom. The first-order chi connectivity index (χ1) is 9.52. The molecule has 0 heterocycles. The Morgan fingerprint density at radius 3 is 2.45 bits per heavy atom. The number of nitrogens with one attached hydrogen (secondary N) is 1. The van der Waals surface area contributed by atoms with Crippen LogP contribution in [0.25, 0.3) is 0 Å². The van der Waals surface area contributed by atoms with E-state index in [9.17, 15) is 4.79 Å². The molecule has 0 bridgehead atoms. The lowest BCUT2D eigenvalue weighted by Crippen LogP contribution is -2.50. The van der Waals surface area contributed by atoms with E-state index in [1.807, 2.05) is 30.3 Å². The van der Waals surface area contributed by atoms with Crippen LogP contribution in [0.1, 0.15) is 32.8 Å². The Bertz CT molecular complexity index is 403. The molecule has 0 saturated heterocycles. The van der Waals surface area contributed by atoms with E-state index in [1.54, 1.807) is 6.92 Å². The van der Waals surface area contributed by atoms with Gasteiger partial charge in [0.05, 0.1) is 0 Å². The van der Waals surface area contributed by atoms with Crippen LogP contribution in [0.3, 0.4) is 0 Å². The lowest BCUT2D eigenvalue weighted by atomic mass is 9.92. The summed E-state index contributed by atoms with van der Waals surface area (Å²) < 4.78 is 0. The number of nitrogens with two attached hydrogens (primary N) is 1. The van der Waals surface area contributed by atoms with Gasteiger partial charge in [-0.2, -0.15) is 0 Å². The summed E-state index contributed by atoms with van der Waals surface area (Å²) in [4.78, 5) is 14.6. The van der Waals surface area contributed by atoms with E-state index in [0.717, 1.165) is 31.6 Å². The SMILES string of the molecule is CCCN(CC)CCNC(=O)C(C)(N)c1ccccc1. The van der Waals surface area contributed by atoms with Crippen molar-refractivity contribution in [3.8, 4) is 0 Å². The van der Waals surface area contributed by atoms with Crippen molar-refractivity contribution >= 4 is 5.91 Å². The second-order valence-corrected chi connectivity index (χ2v) is 5.26. The molecule has 0 aromatic heterocycles. The van der Waals surface area contributed by atoms with Crippen LogP contribution in [0.4, 0.5) is 0 Å². The molecule has 3 N–H and O–H groups in total. The first kappa shape index (κ1) is 16.7. The third-order valence-electron chi connectivity index (χ3n) is 3.55. The fourth-order valence-electron chi connectivity index (χ4n) is 2.17. The Kier molecular flexibility index (Phi) is 6.68. The molecule has 0 fully saturated rings. The number of hydrogen-bond acceptors (Lipinski definition) is 3. The third kappa shape index (κ3) is 4.62. The summed E-state index contributed by atoms with van der Waals surface area (Å²) in [6.45, 7) is 9.60. The van der Waals surface area contributed by atoms with Gasteiger partial charge < -0.3 is 16.0 Å². The summed E-state index contributed by atoms with van der Waals surface area (Å²) in [6, 6.07) is 9.48. The quantitative estimate of drug-likeness (QED) is 0.760. The zero-order valence-electron chi connectivity index (χ0n) is 12.9. The predicted molar refractivity (Wildman–Crippen MR) is 83.4 cm³/mol. The highest BCUT2D eigenvalue weighted by molar-refractivity contribution is 5.86.